The van der Waals surface area contributed by atoms with E-state index < -0.39 is 58.8 Å². The molecule has 1 rings (SSSR count). The fourth-order valence-electron chi connectivity index (χ4n) is 1.97. The Kier molecular flexibility index (Phi) is 5.70. The van der Waals surface area contributed by atoms with Crippen molar-refractivity contribution < 1.29 is 61.5 Å². The standard InChI is InChI=1S/C12F14N4/c13-7(9(15,16)17,10(18,19)20)5-3(1-27)6(30-4(2-28)29-5)8(14,11(21,22)23)12(24,25)26. The van der Waals surface area contributed by atoms with Crippen LogP contribution in [0.25, 0.3) is 0 Å². The van der Waals surface area contributed by atoms with Crippen molar-refractivity contribution in [1.29, 1.82) is 10.5 Å². The van der Waals surface area contributed by atoms with E-state index in [1.165, 1.54) is 0 Å². The van der Waals surface area contributed by atoms with Crippen molar-refractivity contribution in [3.63, 3.8) is 0 Å². The molecule has 0 unspecified atom stereocenters. The van der Waals surface area contributed by atoms with Crippen LogP contribution in [0.2, 0.25) is 0 Å². The minimum atomic E-state index is -7.18. The summed E-state index contributed by atoms with van der Waals surface area (Å²) in [6.07, 6.45) is -28.7. The lowest BCUT2D eigenvalue weighted by Crippen LogP contribution is -2.54. The van der Waals surface area contributed by atoms with Crippen molar-refractivity contribution in [3.05, 3.63) is 22.8 Å². The van der Waals surface area contributed by atoms with E-state index >= 15 is 0 Å². The Labute approximate surface area is 154 Å². The second-order valence-corrected chi connectivity index (χ2v) is 5.15. The Hall–Kier alpha value is -2.92. The molecule has 30 heavy (non-hydrogen) atoms. The van der Waals surface area contributed by atoms with E-state index in [-0.39, 0.29) is 6.07 Å². The summed E-state index contributed by atoms with van der Waals surface area (Å²) in [6.45, 7) is 0. The van der Waals surface area contributed by atoms with E-state index in [0.29, 0.717) is 6.07 Å². The third kappa shape index (κ3) is 3.43. The summed E-state index contributed by atoms with van der Waals surface area (Å²) >= 11 is 0. The molecule has 0 atom stereocenters. The average Bonchev–Trinajstić information content (AvgIpc) is 2.54. The summed E-state index contributed by atoms with van der Waals surface area (Å²) in [5.41, 5.74) is -23.8. The molecule has 0 aliphatic rings. The molecule has 166 valence electrons. The summed E-state index contributed by atoms with van der Waals surface area (Å²) < 4.78 is 183. The first-order valence-electron chi connectivity index (χ1n) is 6.49. The van der Waals surface area contributed by atoms with Crippen molar-refractivity contribution in [2.75, 3.05) is 0 Å². The fourth-order valence-corrected chi connectivity index (χ4v) is 1.97. The SMILES string of the molecule is N#Cc1nc(C(F)(C(F)(F)F)C(F)(F)F)c(C#N)c(C(F)(C(F)(F)F)C(F)(F)F)n1. The lowest BCUT2D eigenvalue weighted by molar-refractivity contribution is -0.352. The summed E-state index contributed by atoms with van der Waals surface area (Å²) in [7, 11) is 0. The van der Waals surface area contributed by atoms with Gasteiger partial charge in [-0.05, 0) is 0 Å². The number of nitrogens with zero attached hydrogens (tertiary/aromatic N) is 4. The molecule has 1 heterocycles. The number of hydrogen-bond acceptors (Lipinski definition) is 4. The summed E-state index contributed by atoms with van der Waals surface area (Å²) in [5.74, 6) is -2.34. The first-order valence-corrected chi connectivity index (χ1v) is 6.49. The highest BCUT2D eigenvalue weighted by atomic mass is 19.4. The van der Waals surface area contributed by atoms with Gasteiger partial charge in [-0.2, -0.15) is 63.2 Å². The molecule has 0 fully saturated rings. The summed E-state index contributed by atoms with van der Waals surface area (Å²) in [4.78, 5) is 3.99. The summed E-state index contributed by atoms with van der Waals surface area (Å²) in [6, 6.07) is 0.376. The van der Waals surface area contributed by atoms with Gasteiger partial charge in [0.1, 0.15) is 29.1 Å². The highest BCUT2D eigenvalue weighted by Crippen LogP contribution is 2.57. The highest BCUT2D eigenvalue weighted by Gasteiger charge is 2.78. The van der Waals surface area contributed by atoms with Crippen molar-refractivity contribution >= 4 is 0 Å². The van der Waals surface area contributed by atoms with Crippen LogP contribution >= 0.6 is 0 Å². The number of alkyl halides is 14. The van der Waals surface area contributed by atoms with Crippen LogP contribution in [0.4, 0.5) is 61.5 Å². The van der Waals surface area contributed by atoms with E-state index in [9.17, 15) is 61.5 Å². The first-order chi connectivity index (χ1) is 13.1. The molecule has 0 saturated heterocycles. The fraction of sp³-hybridized carbons (Fsp3) is 0.500. The van der Waals surface area contributed by atoms with Gasteiger partial charge in [-0.15, -0.1) is 0 Å². The number of nitriles is 2. The smallest absolute Gasteiger partial charge is 0.218 e. The van der Waals surface area contributed by atoms with Gasteiger partial charge >= 0.3 is 36.0 Å². The van der Waals surface area contributed by atoms with Crippen molar-refractivity contribution in [2.45, 2.75) is 36.0 Å². The molecule has 1 aromatic heterocycles. The molecule has 18 heteroatoms. The molecule has 0 aliphatic carbocycles. The van der Waals surface area contributed by atoms with Gasteiger partial charge in [-0.3, -0.25) is 0 Å². The molecular formula is C12F14N4. The van der Waals surface area contributed by atoms with Crippen LogP contribution in [0, 0.1) is 22.7 Å². The van der Waals surface area contributed by atoms with Gasteiger partial charge in [0.25, 0.3) is 0 Å². The van der Waals surface area contributed by atoms with Gasteiger partial charge in [-0.1, -0.05) is 0 Å². The van der Waals surface area contributed by atoms with E-state index in [1.807, 2.05) is 9.97 Å². The van der Waals surface area contributed by atoms with Gasteiger partial charge in [0, 0.05) is 0 Å². The predicted molar refractivity (Wildman–Crippen MR) is 61.3 cm³/mol. The van der Waals surface area contributed by atoms with Crippen LogP contribution in [0.5, 0.6) is 0 Å². The number of hydrogen-bond donors (Lipinski definition) is 0. The molecule has 0 aromatic carbocycles. The Morgan fingerprint density at radius 1 is 0.500 bits per heavy atom. The third-order valence-electron chi connectivity index (χ3n) is 3.34. The van der Waals surface area contributed by atoms with E-state index in [2.05, 4.69) is 0 Å². The van der Waals surface area contributed by atoms with Crippen LogP contribution in [-0.4, -0.2) is 34.7 Å². The number of rotatable bonds is 2. The van der Waals surface area contributed by atoms with Crippen LogP contribution in [0.15, 0.2) is 0 Å². The maximum atomic E-state index is 14.2. The molecule has 0 aliphatic heterocycles. The topological polar surface area (TPSA) is 73.4 Å². The zero-order valence-electron chi connectivity index (χ0n) is 13.1. The van der Waals surface area contributed by atoms with Crippen molar-refractivity contribution in [1.82, 2.24) is 9.97 Å². The molecule has 0 amide bonds. The monoisotopic (exact) mass is 466 g/mol. The van der Waals surface area contributed by atoms with E-state index in [4.69, 9.17) is 10.5 Å². The maximum Gasteiger partial charge on any atom is 0.437 e. The zero-order chi connectivity index (χ0) is 24.1. The Morgan fingerprint density at radius 3 is 0.933 bits per heavy atom. The average molecular weight is 466 g/mol. The number of aromatic nitrogens is 2. The minimum Gasteiger partial charge on any atom is -0.218 e. The van der Waals surface area contributed by atoms with Crippen LogP contribution < -0.4 is 0 Å². The largest absolute Gasteiger partial charge is 0.437 e. The van der Waals surface area contributed by atoms with Crippen LogP contribution in [0.3, 0.4) is 0 Å². The van der Waals surface area contributed by atoms with Crippen LogP contribution in [-0.2, 0) is 11.3 Å². The van der Waals surface area contributed by atoms with E-state index in [1.54, 1.807) is 0 Å². The quantitative estimate of drug-likeness (QED) is 0.588. The molecule has 1 aromatic rings. The normalized spacial score (nSPS) is 14.3. The molecule has 4 nitrogen and oxygen atoms in total. The molecule has 0 bridgehead atoms. The Bertz CT molecular complexity index is 821. The Balaban J connectivity index is 4.37. The first kappa shape index (κ1) is 25.1. The molecule has 0 radical (unpaired) electrons. The predicted octanol–water partition coefficient (Wildman–Crippen LogP) is 4.80. The van der Waals surface area contributed by atoms with Gasteiger partial charge < -0.3 is 0 Å². The zero-order valence-corrected chi connectivity index (χ0v) is 13.1. The Morgan fingerprint density at radius 2 is 0.767 bits per heavy atom. The van der Waals surface area contributed by atoms with Gasteiger partial charge in [0.2, 0.25) is 5.82 Å². The maximum absolute atomic E-state index is 14.2. The second kappa shape index (κ2) is 6.81. The second-order valence-electron chi connectivity index (χ2n) is 5.15. The molecule has 0 N–H and O–H groups in total. The minimum absolute atomic E-state index is 0.000840. The third-order valence-corrected chi connectivity index (χ3v) is 3.34. The number of halogens is 14. The van der Waals surface area contributed by atoms with E-state index in [0.717, 1.165) is 0 Å². The molecule has 0 saturated carbocycles. The lowest BCUT2D eigenvalue weighted by atomic mass is 9.89. The van der Waals surface area contributed by atoms with Crippen LogP contribution in [0.1, 0.15) is 22.8 Å². The van der Waals surface area contributed by atoms with Crippen molar-refractivity contribution in [3.8, 4) is 12.1 Å². The summed E-state index contributed by atoms with van der Waals surface area (Å²) in [5, 5.41) is 17.1. The lowest BCUT2D eigenvalue weighted by Gasteiger charge is -2.33. The van der Waals surface area contributed by atoms with Gasteiger partial charge in [0.15, 0.2) is 0 Å². The molecular weight excluding hydrogens is 466 g/mol. The molecule has 0 spiro atoms. The highest BCUT2D eigenvalue weighted by molar-refractivity contribution is 5.47. The van der Waals surface area contributed by atoms with Crippen molar-refractivity contribution in [2.24, 2.45) is 0 Å². The van der Waals surface area contributed by atoms with Gasteiger partial charge in [0.05, 0.1) is 0 Å². The van der Waals surface area contributed by atoms with Gasteiger partial charge in [-0.25, -0.2) is 18.7 Å².